The van der Waals surface area contributed by atoms with Gasteiger partial charge in [-0.2, -0.15) is 0 Å². The third-order valence-corrected chi connectivity index (χ3v) is 3.00. The Morgan fingerprint density at radius 1 is 1.29 bits per heavy atom. The topological polar surface area (TPSA) is 80.3 Å². The predicted octanol–water partition coefficient (Wildman–Crippen LogP) is 2.05. The van der Waals surface area contributed by atoms with Gasteiger partial charge < -0.3 is 15.4 Å². The molecule has 0 radical (unpaired) electrons. The van der Waals surface area contributed by atoms with Crippen LogP contribution in [0, 0.1) is 0 Å². The van der Waals surface area contributed by atoms with Crippen LogP contribution in [0.15, 0.2) is 42.6 Å². The van der Waals surface area contributed by atoms with E-state index in [-0.39, 0.29) is 11.8 Å². The molecule has 6 heteroatoms. The van der Waals surface area contributed by atoms with Gasteiger partial charge in [0.1, 0.15) is 11.4 Å². The molecule has 106 valence electrons. The number of anilines is 2. The van der Waals surface area contributed by atoms with Gasteiger partial charge in [0, 0.05) is 11.9 Å². The first kappa shape index (κ1) is 13.1. The second-order valence-electron chi connectivity index (χ2n) is 4.53. The Kier molecular flexibility index (Phi) is 3.51. The highest BCUT2D eigenvalue weighted by Gasteiger charge is 2.15. The van der Waals surface area contributed by atoms with Gasteiger partial charge in [-0.3, -0.25) is 14.6 Å². The second kappa shape index (κ2) is 5.62. The van der Waals surface area contributed by atoms with Crippen molar-refractivity contribution in [3.8, 4) is 5.75 Å². The molecule has 0 unspecified atom stereocenters. The number of nitrogens with one attached hydrogen (secondary N) is 2. The first-order valence-corrected chi connectivity index (χ1v) is 6.51. The number of hydrogen-bond donors (Lipinski definition) is 2. The number of benzene rings is 1. The number of hydrogen-bond acceptors (Lipinski definition) is 4. The molecule has 0 fully saturated rings. The van der Waals surface area contributed by atoms with Crippen LogP contribution in [0.1, 0.15) is 16.9 Å². The second-order valence-corrected chi connectivity index (χ2v) is 4.53. The van der Waals surface area contributed by atoms with Crippen LogP contribution in [-0.2, 0) is 4.79 Å². The first-order chi connectivity index (χ1) is 10.2. The number of nitrogens with zero attached hydrogens (tertiary/aromatic N) is 1. The number of aromatic nitrogens is 1. The minimum atomic E-state index is -0.309. The average Bonchev–Trinajstić information content (AvgIpc) is 2.68. The molecular formula is C15H13N3O3. The van der Waals surface area contributed by atoms with Crippen molar-refractivity contribution in [2.24, 2.45) is 0 Å². The van der Waals surface area contributed by atoms with Gasteiger partial charge in [-0.25, -0.2) is 0 Å². The third-order valence-electron chi connectivity index (χ3n) is 3.00. The molecule has 1 aliphatic heterocycles. The highest BCUT2D eigenvalue weighted by molar-refractivity contribution is 6.03. The Bertz CT molecular complexity index is 686. The summed E-state index contributed by atoms with van der Waals surface area (Å²) < 4.78 is 5.46. The Morgan fingerprint density at radius 3 is 3.00 bits per heavy atom. The number of fused-ring (bicyclic) bond motifs is 1. The van der Waals surface area contributed by atoms with Gasteiger partial charge in [0.2, 0.25) is 5.91 Å². The van der Waals surface area contributed by atoms with Gasteiger partial charge in [-0.1, -0.05) is 6.07 Å². The maximum Gasteiger partial charge on any atom is 0.274 e. The Balaban J connectivity index is 1.81. The van der Waals surface area contributed by atoms with Crippen molar-refractivity contribution in [1.82, 2.24) is 4.98 Å². The van der Waals surface area contributed by atoms with E-state index >= 15 is 0 Å². The standard InChI is InChI=1S/C15H13N3O3/c19-14-6-8-21-13-5-4-10(9-12(13)18-14)17-15(20)11-3-1-2-7-16-11/h1-5,7,9H,6,8H2,(H,17,20)(H,18,19). The minimum Gasteiger partial charge on any atom is -0.491 e. The zero-order valence-corrected chi connectivity index (χ0v) is 11.1. The first-order valence-electron chi connectivity index (χ1n) is 6.51. The van der Waals surface area contributed by atoms with E-state index in [1.807, 2.05) is 0 Å². The van der Waals surface area contributed by atoms with Crippen LogP contribution in [-0.4, -0.2) is 23.4 Å². The number of carbonyl (C=O) groups is 2. The lowest BCUT2D eigenvalue weighted by molar-refractivity contribution is -0.116. The van der Waals surface area contributed by atoms with Crippen molar-refractivity contribution in [3.63, 3.8) is 0 Å². The molecule has 0 bridgehead atoms. The van der Waals surface area contributed by atoms with Gasteiger partial charge in [0.05, 0.1) is 18.7 Å². The molecule has 0 saturated heterocycles. The summed E-state index contributed by atoms with van der Waals surface area (Å²) in [7, 11) is 0. The zero-order valence-electron chi connectivity index (χ0n) is 11.1. The molecule has 6 nitrogen and oxygen atoms in total. The molecule has 0 atom stereocenters. The van der Waals surface area contributed by atoms with Crippen LogP contribution >= 0.6 is 0 Å². The van der Waals surface area contributed by atoms with Crippen LogP contribution in [0.2, 0.25) is 0 Å². The van der Waals surface area contributed by atoms with E-state index < -0.39 is 0 Å². The van der Waals surface area contributed by atoms with Crippen LogP contribution < -0.4 is 15.4 Å². The maximum atomic E-state index is 12.0. The smallest absolute Gasteiger partial charge is 0.274 e. The molecular weight excluding hydrogens is 270 g/mol. The summed E-state index contributed by atoms with van der Waals surface area (Å²) in [6.07, 6.45) is 1.87. The molecule has 1 aromatic carbocycles. The normalized spacial score (nSPS) is 13.4. The SMILES string of the molecule is O=C1CCOc2ccc(NC(=O)c3ccccn3)cc2N1. The fourth-order valence-corrected chi connectivity index (χ4v) is 1.99. The number of rotatable bonds is 2. The van der Waals surface area contributed by atoms with Crippen LogP contribution in [0.3, 0.4) is 0 Å². The van der Waals surface area contributed by atoms with E-state index in [1.165, 1.54) is 0 Å². The lowest BCUT2D eigenvalue weighted by Gasteiger charge is -2.10. The van der Waals surface area contributed by atoms with Gasteiger partial charge >= 0.3 is 0 Å². The minimum absolute atomic E-state index is 0.109. The van der Waals surface area contributed by atoms with Crippen molar-refractivity contribution < 1.29 is 14.3 Å². The average molecular weight is 283 g/mol. The monoisotopic (exact) mass is 283 g/mol. The summed E-state index contributed by atoms with van der Waals surface area (Å²) in [5.41, 5.74) is 1.44. The molecule has 2 N–H and O–H groups in total. The number of carbonyl (C=O) groups excluding carboxylic acids is 2. The molecule has 3 rings (SSSR count). The fraction of sp³-hybridized carbons (Fsp3) is 0.133. The Morgan fingerprint density at radius 2 is 2.19 bits per heavy atom. The summed E-state index contributed by atoms with van der Waals surface area (Å²) in [4.78, 5) is 27.5. The van der Waals surface area contributed by atoms with Crippen LogP contribution in [0.5, 0.6) is 5.75 Å². The van der Waals surface area contributed by atoms with E-state index in [4.69, 9.17) is 4.74 Å². The van der Waals surface area contributed by atoms with Gasteiger partial charge in [-0.05, 0) is 30.3 Å². The zero-order chi connectivity index (χ0) is 14.7. The Labute approximate surface area is 121 Å². The summed E-state index contributed by atoms with van der Waals surface area (Å²) in [5.74, 6) is 0.176. The fourth-order valence-electron chi connectivity index (χ4n) is 1.99. The molecule has 1 aromatic heterocycles. The molecule has 2 aromatic rings. The summed E-state index contributed by atoms with van der Waals surface area (Å²) in [5, 5.41) is 5.48. The number of pyridine rings is 1. The largest absolute Gasteiger partial charge is 0.491 e. The van der Waals surface area contributed by atoms with Crippen molar-refractivity contribution in [2.75, 3.05) is 17.2 Å². The van der Waals surface area contributed by atoms with Gasteiger partial charge in [-0.15, -0.1) is 0 Å². The highest BCUT2D eigenvalue weighted by Crippen LogP contribution is 2.30. The number of amides is 2. The highest BCUT2D eigenvalue weighted by atomic mass is 16.5. The van der Waals surface area contributed by atoms with E-state index in [2.05, 4.69) is 15.6 Å². The molecule has 2 heterocycles. The molecule has 0 saturated carbocycles. The maximum absolute atomic E-state index is 12.0. The molecule has 0 aliphatic carbocycles. The lowest BCUT2D eigenvalue weighted by atomic mass is 10.2. The summed E-state index contributed by atoms with van der Waals surface area (Å²) in [6.45, 7) is 0.346. The lowest BCUT2D eigenvalue weighted by Crippen LogP contribution is -2.14. The molecule has 21 heavy (non-hydrogen) atoms. The Hall–Kier alpha value is -2.89. The summed E-state index contributed by atoms with van der Waals surface area (Å²) in [6, 6.07) is 10.2. The van der Waals surface area contributed by atoms with Crippen LogP contribution in [0.25, 0.3) is 0 Å². The predicted molar refractivity (Wildman–Crippen MR) is 77.4 cm³/mol. The van der Waals surface area contributed by atoms with E-state index in [0.29, 0.717) is 35.8 Å². The van der Waals surface area contributed by atoms with E-state index in [9.17, 15) is 9.59 Å². The van der Waals surface area contributed by atoms with Crippen LogP contribution in [0.4, 0.5) is 11.4 Å². The van der Waals surface area contributed by atoms with Crippen molar-refractivity contribution in [3.05, 3.63) is 48.3 Å². The van der Waals surface area contributed by atoms with Gasteiger partial charge in [0.15, 0.2) is 0 Å². The summed E-state index contributed by atoms with van der Waals surface area (Å²) >= 11 is 0. The number of ether oxygens (including phenoxy) is 1. The van der Waals surface area contributed by atoms with E-state index in [1.54, 1.807) is 42.6 Å². The third kappa shape index (κ3) is 3.00. The van der Waals surface area contributed by atoms with Gasteiger partial charge in [0.25, 0.3) is 5.91 Å². The molecule has 1 aliphatic rings. The quantitative estimate of drug-likeness (QED) is 0.884. The van der Waals surface area contributed by atoms with Crippen molar-refractivity contribution >= 4 is 23.2 Å². The van der Waals surface area contributed by atoms with Crippen molar-refractivity contribution in [2.45, 2.75) is 6.42 Å². The van der Waals surface area contributed by atoms with Crippen molar-refractivity contribution in [1.29, 1.82) is 0 Å². The van der Waals surface area contributed by atoms with E-state index in [0.717, 1.165) is 0 Å². The molecule has 2 amide bonds. The molecule has 0 spiro atoms.